The van der Waals surface area contributed by atoms with Crippen molar-refractivity contribution in [2.45, 2.75) is 12.3 Å². The lowest BCUT2D eigenvalue weighted by atomic mass is 9.95. The molecule has 1 heterocycles. The van der Waals surface area contributed by atoms with Crippen molar-refractivity contribution in [1.82, 2.24) is 4.98 Å². The van der Waals surface area contributed by atoms with Gasteiger partial charge in [0.1, 0.15) is 0 Å². The minimum Gasteiger partial charge on any atom is -0.493 e. The third-order valence-corrected chi connectivity index (χ3v) is 3.60. The molecule has 21 heavy (non-hydrogen) atoms. The van der Waals surface area contributed by atoms with Gasteiger partial charge in [0.2, 0.25) is 0 Å². The van der Waals surface area contributed by atoms with E-state index in [1.807, 2.05) is 24.3 Å². The summed E-state index contributed by atoms with van der Waals surface area (Å²) in [5, 5.41) is 0.611. The van der Waals surface area contributed by atoms with Crippen LogP contribution < -0.4 is 15.2 Å². The zero-order valence-electron chi connectivity index (χ0n) is 12.2. The number of nitrogens with zero attached hydrogens (tertiary/aromatic N) is 1. The van der Waals surface area contributed by atoms with Gasteiger partial charge in [-0.25, -0.2) is 0 Å². The molecular formula is C16H19ClN2O2. The summed E-state index contributed by atoms with van der Waals surface area (Å²) in [4.78, 5) is 4.38. The molecule has 1 aromatic carbocycles. The van der Waals surface area contributed by atoms with E-state index in [9.17, 15) is 0 Å². The monoisotopic (exact) mass is 306 g/mol. The van der Waals surface area contributed by atoms with E-state index >= 15 is 0 Å². The fourth-order valence-corrected chi connectivity index (χ4v) is 2.58. The van der Waals surface area contributed by atoms with Crippen LogP contribution in [0.3, 0.4) is 0 Å². The van der Waals surface area contributed by atoms with E-state index < -0.39 is 0 Å². The molecule has 0 saturated heterocycles. The topological polar surface area (TPSA) is 57.4 Å². The molecule has 5 heteroatoms. The molecule has 0 radical (unpaired) electrons. The van der Waals surface area contributed by atoms with E-state index in [0.717, 1.165) is 11.3 Å². The summed E-state index contributed by atoms with van der Waals surface area (Å²) in [5.41, 5.74) is 7.83. The average Bonchev–Trinajstić information content (AvgIpc) is 2.52. The lowest BCUT2D eigenvalue weighted by Crippen LogP contribution is -2.16. The molecule has 1 aromatic heterocycles. The van der Waals surface area contributed by atoms with Crippen LogP contribution in [0.1, 0.15) is 17.2 Å². The Balaban J connectivity index is 2.35. The van der Waals surface area contributed by atoms with Gasteiger partial charge in [-0.3, -0.25) is 4.98 Å². The summed E-state index contributed by atoms with van der Waals surface area (Å²) < 4.78 is 10.8. The van der Waals surface area contributed by atoms with Gasteiger partial charge in [-0.1, -0.05) is 17.7 Å². The van der Waals surface area contributed by atoms with Crippen LogP contribution in [0.25, 0.3) is 0 Å². The number of halogens is 1. The third-order valence-electron chi connectivity index (χ3n) is 3.38. The highest BCUT2D eigenvalue weighted by Crippen LogP contribution is 2.36. The number of methoxy groups -OCH3 is 2. The van der Waals surface area contributed by atoms with Crippen molar-refractivity contribution in [3.63, 3.8) is 0 Å². The molecule has 0 aliphatic rings. The Morgan fingerprint density at radius 3 is 2.62 bits per heavy atom. The highest BCUT2D eigenvalue weighted by atomic mass is 35.5. The average molecular weight is 307 g/mol. The molecule has 0 bridgehead atoms. The quantitative estimate of drug-likeness (QED) is 0.891. The van der Waals surface area contributed by atoms with Gasteiger partial charge >= 0.3 is 0 Å². The van der Waals surface area contributed by atoms with Gasteiger partial charge in [0.05, 0.1) is 14.2 Å². The second kappa shape index (κ2) is 7.29. The van der Waals surface area contributed by atoms with Crippen molar-refractivity contribution >= 4 is 11.6 Å². The van der Waals surface area contributed by atoms with Crippen molar-refractivity contribution in [2.75, 3.05) is 20.8 Å². The summed E-state index contributed by atoms with van der Waals surface area (Å²) >= 11 is 6.15. The first kappa shape index (κ1) is 15.6. The first-order valence-electron chi connectivity index (χ1n) is 6.71. The van der Waals surface area contributed by atoms with Crippen molar-refractivity contribution in [3.8, 4) is 11.5 Å². The molecule has 1 atom stereocenters. The lowest BCUT2D eigenvalue weighted by molar-refractivity contribution is 0.351. The maximum Gasteiger partial charge on any atom is 0.164 e. The largest absolute Gasteiger partial charge is 0.493 e. The van der Waals surface area contributed by atoms with Crippen LogP contribution in [0, 0.1) is 0 Å². The van der Waals surface area contributed by atoms with Crippen LogP contribution in [0.5, 0.6) is 11.5 Å². The van der Waals surface area contributed by atoms with E-state index in [0.29, 0.717) is 29.5 Å². The maximum atomic E-state index is 6.15. The Morgan fingerprint density at radius 1 is 1.24 bits per heavy atom. The molecule has 2 N–H and O–H groups in total. The predicted octanol–water partition coefficient (Wildman–Crippen LogP) is 3.04. The van der Waals surface area contributed by atoms with Crippen LogP contribution in [0.2, 0.25) is 5.02 Å². The molecular weight excluding hydrogens is 288 g/mol. The van der Waals surface area contributed by atoms with Gasteiger partial charge in [0.15, 0.2) is 11.5 Å². The molecule has 4 nitrogen and oxygen atoms in total. The lowest BCUT2D eigenvalue weighted by Gasteiger charge is -2.18. The Hall–Kier alpha value is -1.78. The highest BCUT2D eigenvalue weighted by molar-refractivity contribution is 6.30. The SMILES string of the molecule is COc1cc(Cl)cc(CC(CN)c2ccccn2)c1OC. The summed E-state index contributed by atoms with van der Waals surface area (Å²) in [5.74, 6) is 1.41. The van der Waals surface area contributed by atoms with Crippen molar-refractivity contribution in [3.05, 3.63) is 52.8 Å². The van der Waals surface area contributed by atoms with Crippen molar-refractivity contribution in [1.29, 1.82) is 0 Å². The first-order chi connectivity index (χ1) is 10.2. The fourth-order valence-electron chi connectivity index (χ4n) is 2.35. The van der Waals surface area contributed by atoms with Gasteiger partial charge < -0.3 is 15.2 Å². The molecule has 0 aliphatic carbocycles. The molecule has 1 unspecified atom stereocenters. The van der Waals surface area contributed by atoms with Gasteiger partial charge in [-0.2, -0.15) is 0 Å². The van der Waals surface area contributed by atoms with Crippen LogP contribution >= 0.6 is 11.6 Å². The molecule has 0 aliphatic heterocycles. The van der Waals surface area contributed by atoms with Crippen LogP contribution in [0.15, 0.2) is 36.5 Å². The Labute approximate surface area is 129 Å². The molecule has 0 saturated carbocycles. The molecule has 0 amide bonds. The van der Waals surface area contributed by atoms with E-state index in [2.05, 4.69) is 4.98 Å². The van der Waals surface area contributed by atoms with Crippen LogP contribution in [-0.2, 0) is 6.42 Å². The maximum absolute atomic E-state index is 6.15. The summed E-state index contributed by atoms with van der Waals surface area (Å²) in [6.45, 7) is 0.495. The number of hydrogen-bond acceptors (Lipinski definition) is 4. The smallest absolute Gasteiger partial charge is 0.164 e. The van der Waals surface area contributed by atoms with Crippen LogP contribution in [-0.4, -0.2) is 25.7 Å². The summed E-state index contributed by atoms with van der Waals surface area (Å²) in [6, 6.07) is 9.45. The second-order valence-electron chi connectivity index (χ2n) is 4.69. The highest BCUT2D eigenvalue weighted by Gasteiger charge is 2.18. The summed E-state index contributed by atoms with van der Waals surface area (Å²) in [6.07, 6.45) is 2.46. The number of benzene rings is 1. The second-order valence-corrected chi connectivity index (χ2v) is 5.13. The molecule has 2 aromatic rings. The number of ether oxygens (including phenoxy) is 2. The Morgan fingerprint density at radius 2 is 2.05 bits per heavy atom. The normalized spacial score (nSPS) is 12.0. The van der Waals surface area contributed by atoms with E-state index in [1.165, 1.54) is 0 Å². The van der Waals surface area contributed by atoms with Gasteiger partial charge in [-0.05, 0) is 24.6 Å². The molecule has 112 valence electrons. The zero-order chi connectivity index (χ0) is 15.2. The van der Waals surface area contributed by atoms with E-state index in [1.54, 1.807) is 26.5 Å². The number of pyridine rings is 1. The molecule has 0 fully saturated rings. The minimum absolute atomic E-state index is 0.100. The number of aromatic nitrogens is 1. The molecule has 0 spiro atoms. The first-order valence-corrected chi connectivity index (χ1v) is 7.08. The number of rotatable bonds is 6. The molecule has 2 rings (SSSR count). The summed E-state index contributed by atoms with van der Waals surface area (Å²) in [7, 11) is 3.21. The van der Waals surface area contributed by atoms with Crippen molar-refractivity contribution in [2.24, 2.45) is 5.73 Å². The number of nitrogens with two attached hydrogens (primary N) is 1. The van der Waals surface area contributed by atoms with Gasteiger partial charge in [-0.15, -0.1) is 0 Å². The van der Waals surface area contributed by atoms with Crippen molar-refractivity contribution < 1.29 is 9.47 Å². The van der Waals surface area contributed by atoms with E-state index in [4.69, 9.17) is 26.8 Å². The van der Waals surface area contributed by atoms with E-state index in [-0.39, 0.29) is 5.92 Å². The van der Waals surface area contributed by atoms with Crippen LogP contribution in [0.4, 0.5) is 0 Å². The minimum atomic E-state index is 0.100. The fraction of sp³-hybridized carbons (Fsp3) is 0.312. The Bertz CT molecular complexity index is 590. The predicted molar refractivity (Wildman–Crippen MR) is 84.3 cm³/mol. The Kier molecular flexibility index (Phi) is 5.42. The third kappa shape index (κ3) is 3.65. The van der Waals surface area contributed by atoms with Gasteiger partial charge in [0.25, 0.3) is 0 Å². The standard InChI is InChI=1S/C16H19ClN2O2/c1-20-15-9-13(17)8-11(16(15)21-2)7-12(10-18)14-5-3-4-6-19-14/h3-6,8-9,12H,7,10,18H2,1-2H3. The number of hydrogen-bond donors (Lipinski definition) is 1. The van der Waals surface area contributed by atoms with Gasteiger partial charge in [0, 0.05) is 41.0 Å². The zero-order valence-corrected chi connectivity index (χ0v) is 12.9.